The van der Waals surface area contributed by atoms with Crippen molar-refractivity contribution in [2.45, 2.75) is 24.8 Å². The zero-order valence-electron chi connectivity index (χ0n) is 13.5. The third kappa shape index (κ3) is 2.92. The van der Waals surface area contributed by atoms with Crippen molar-refractivity contribution in [1.82, 2.24) is 14.8 Å². The van der Waals surface area contributed by atoms with E-state index in [1.54, 1.807) is 19.3 Å². The van der Waals surface area contributed by atoms with Crippen LogP contribution in [0.15, 0.2) is 40.1 Å². The Hall–Kier alpha value is -2.61. The van der Waals surface area contributed by atoms with Crippen molar-refractivity contribution < 1.29 is 9.34 Å². The zero-order valence-corrected chi connectivity index (χ0v) is 14.3. The first-order valence-electron chi connectivity index (χ1n) is 7.28. The third-order valence-corrected chi connectivity index (χ3v) is 4.97. The molecule has 0 saturated heterocycles. The Morgan fingerprint density at radius 3 is 2.75 bits per heavy atom. The van der Waals surface area contributed by atoms with E-state index in [4.69, 9.17) is 4.42 Å². The molecule has 2 aromatic heterocycles. The molecule has 0 aliphatic carbocycles. The molecule has 0 aliphatic heterocycles. The first-order valence-corrected chi connectivity index (χ1v) is 8.27. The average molecular weight is 344 g/mol. The summed E-state index contributed by atoms with van der Waals surface area (Å²) in [4.78, 5) is 10.7. The Morgan fingerprint density at radius 1 is 1.29 bits per heavy atom. The Morgan fingerprint density at radius 2 is 2.08 bits per heavy atom. The van der Waals surface area contributed by atoms with Gasteiger partial charge >= 0.3 is 0 Å². The van der Waals surface area contributed by atoms with Crippen LogP contribution in [0.2, 0.25) is 0 Å². The van der Waals surface area contributed by atoms with E-state index in [1.807, 2.05) is 30.7 Å². The molecule has 3 rings (SSSR count). The van der Waals surface area contributed by atoms with Crippen molar-refractivity contribution in [3.63, 3.8) is 0 Å². The van der Waals surface area contributed by atoms with Gasteiger partial charge in [0.25, 0.3) is 5.69 Å². The number of rotatable bonds is 5. The van der Waals surface area contributed by atoms with Crippen LogP contribution in [0.5, 0.6) is 0 Å². The highest BCUT2D eigenvalue weighted by atomic mass is 32.2. The SMILES string of the molecule is Cc1occc1-c1nnc(SCc2cccc([N+](=O)[O-])c2C)n1C. The van der Waals surface area contributed by atoms with E-state index >= 15 is 0 Å². The van der Waals surface area contributed by atoms with Crippen molar-refractivity contribution in [1.29, 1.82) is 0 Å². The summed E-state index contributed by atoms with van der Waals surface area (Å²) in [5, 5.41) is 20.2. The Bertz CT molecular complexity index is 901. The van der Waals surface area contributed by atoms with E-state index in [-0.39, 0.29) is 10.6 Å². The van der Waals surface area contributed by atoms with Crippen LogP contribution in [0.4, 0.5) is 5.69 Å². The molecule has 2 heterocycles. The van der Waals surface area contributed by atoms with Crippen molar-refractivity contribution in [3.05, 3.63) is 57.5 Å². The standard InChI is InChI=1S/C16H16N4O3S/c1-10-12(5-4-6-14(10)20(21)22)9-24-16-18-17-15(19(16)3)13-7-8-23-11(13)2/h4-8H,9H2,1-3H3. The summed E-state index contributed by atoms with van der Waals surface area (Å²) in [6, 6.07) is 6.98. The smallest absolute Gasteiger partial charge is 0.272 e. The highest BCUT2D eigenvalue weighted by Crippen LogP contribution is 2.30. The van der Waals surface area contributed by atoms with Crippen molar-refractivity contribution in [2.24, 2.45) is 7.05 Å². The maximum absolute atomic E-state index is 11.0. The van der Waals surface area contributed by atoms with E-state index in [2.05, 4.69) is 10.2 Å². The van der Waals surface area contributed by atoms with E-state index in [1.165, 1.54) is 17.8 Å². The van der Waals surface area contributed by atoms with E-state index in [9.17, 15) is 10.1 Å². The summed E-state index contributed by atoms with van der Waals surface area (Å²) >= 11 is 1.49. The van der Waals surface area contributed by atoms with E-state index < -0.39 is 0 Å². The molecular formula is C16H16N4O3S. The molecule has 0 spiro atoms. The number of nitro benzene ring substituents is 1. The first-order chi connectivity index (χ1) is 11.5. The zero-order chi connectivity index (χ0) is 17.3. The van der Waals surface area contributed by atoms with Crippen LogP contribution < -0.4 is 0 Å². The number of hydrogen-bond acceptors (Lipinski definition) is 6. The number of aromatic nitrogens is 3. The molecule has 1 aromatic carbocycles. The van der Waals surface area contributed by atoms with E-state index in [0.717, 1.165) is 27.9 Å². The molecule has 0 saturated carbocycles. The second-order valence-electron chi connectivity index (χ2n) is 5.36. The van der Waals surface area contributed by atoms with Gasteiger partial charge in [-0.2, -0.15) is 0 Å². The molecule has 0 aliphatic rings. The quantitative estimate of drug-likeness (QED) is 0.396. The molecule has 0 atom stereocenters. The monoisotopic (exact) mass is 344 g/mol. The van der Waals surface area contributed by atoms with Gasteiger partial charge in [0.1, 0.15) is 5.76 Å². The molecule has 0 bridgehead atoms. The lowest BCUT2D eigenvalue weighted by Gasteiger charge is -2.06. The van der Waals surface area contributed by atoms with Gasteiger partial charge < -0.3 is 8.98 Å². The Balaban J connectivity index is 1.82. The summed E-state index contributed by atoms with van der Waals surface area (Å²) in [6.45, 7) is 3.65. The number of aryl methyl sites for hydroxylation is 1. The minimum Gasteiger partial charge on any atom is -0.469 e. The molecule has 0 radical (unpaired) electrons. The van der Waals surface area contributed by atoms with Gasteiger partial charge in [0.2, 0.25) is 0 Å². The summed E-state index contributed by atoms with van der Waals surface area (Å²) in [7, 11) is 1.89. The van der Waals surface area contributed by atoms with Gasteiger partial charge in [-0.15, -0.1) is 10.2 Å². The molecule has 124 valence electrons. The maximum Gasteiger partial charge on any atom is 0.272 e. The summed E-state index contributed by atoms with van der Waals surface area (Å²) in [6.07, 6.45) is 1.62. The van der Waals surface area contributed by atoms with Crippen LogP contribution in [-0.4, -0.2) is 19.7 Å². The fraction of sp³-hybridized carbons (Fsp3) is 0.250. The number of thioether (sulfide) groups is 1. The Kier molecular flexibility index (Phi) is 4.39. The summed E-state index contributed by atoms with van der Waals surface area (Å²) in [5.74, 6) is 2.11. The number of nitrogens with zero attached hydrogens (tertiary/aromatic N) is 4. The maximum atomic E-state index is 11.0. The second kappa shape index (κ2) is 6.48. The third-order valence-electron chi connectivity index (χ3n) is 3.91. The lowest BCUT2D eigenvalue weighted by molar-refractivity contribution is -0.385. The topological polar surface area (TPSA) is 87.0 Å². The normalized spacial score (nSPS) is 11.0. The van der Waals surface area contributed by atoms with Gasteiger partial charge in [-0.1, -0.05) is 23.9 Å². The molecule has 7 nitrogen and oxygen atoms in total. The second-order valence-corrected chi connectivity index (χ2v) is 6.31. The van der Waals surface area contributed by atoms with Gasteiger partial charge in [0.05, 0.1) is 16.7 Å². The minimum absolute atomic E-state index is 0.140. The molecular weight excluding hydrogens is 328 g/mol. The summed E-state index contributed by atoms with van der Waals surface area (Å²) < 4.78 is 7.21. The summed E-state index contributed by atoms with van der Waals surface area (Å²) in [5.41, 5.74) is 2.64. The molecule has 0 amide bonds. The van der Waals surface area contributed by atoms with Crippen LogP contribution in [0.3, 0.4) is 0 Å². The lowest BCUT2D eigenvalue weighted by Crippen LogP contribution is -1.97. The van der Waals surface area contributed by atoms with Crippen LogP contribution in [0.1, 0.15) is 16.9 Å². The van der Waals surface area contributed by atoms with E-state index in [0.29, 0.717) is 11.3 Å². The van der Waals surface area contributed by atoms with Gasteiger partial charge in [-0.25, -0.2) is 0 Å². The highest BCUT2D eigenvalue weighted by Gasteiger charge is 2.17. The molecule has 24 heavy (non-hydrogen) atoms. The van der Waals surface area contributed by atoms with Gasteiger partial charge in [-0.05, 0) is 25.5 Å². The first kappa shape index (κ1) is 16.3. The molecule has 0 fully saturated rings. The molecule has 8 heteroatoms. The van der Waals surface area contributed by atoms with Crippen LogP contribution in [0, 0.1) is 24.0 Å². The molecule has 0 N–H and O–H groups in total. The highest BCUT2D eigenvalue weighted by molar-refractivity contribution is 7.98. The minimum atomic E-state index is -0.356. The van der Waals surface area contributed by atoms with Crippen molar-refractivity contribution >= 4 is 17.4 Å². The van der Waals surface area contributed by atoms with Gasteiger partial charge in [0, 0.05) is 24.4 Å². The van der Waals surface area contributed by atoms with Gasteiger partial charge in [0.15, 0.2) is 11.0 Å². The average Bonchev–Trinajstić information content (AvgIpc) is 3.12. The van der Waals surface area contributed by atoms with Crippen LogP contribution in [-0.2, 0) is 12.8 Å². The number of hydrogen-bond donors (Lipinski definition) is 0. The Labute approximate surface area is 142 Å². The predicted molar refractivity (Wildman–Crippen MR) is 90.8 cm³/mol. The lowest BCUT2D eigenvalue weighted by atomic mass is 10.1. The fourth-order valence-electron chi connectivity index (χ4n) is 2.46. The van der Waals surface area contributed by atoms with Gasteiger partial charge in [-0.3, -0.25) is 10.1 Å². The van der Waals surface area contributed by atoms with Crippen LogP contribution >= 0.6 is 11.8 Å². The van der Waals surface area contributed by atoms with Crippen molar-refractivity contribution in [2.75, 3.05) is 0 Å². The largest absolute Gasteiger partial charge is 0.469 e. The molecule has 3 aromatic rings. The molecule has 0 unspecified atom stereocenters. The van der Waals surface area contributed by atoms with Crippen LogP contribution in [0.25, 0.3) is 11.4 Å². The number of furan rings is 1. The number of benzene rings is 1. The van der Waals surface area contributed by atoms with Crippen molar-refractivity contribution in [3.8, 4) is 11.4 Å². The number of nitro groups is 1. The fourth-order valence-corrected chi connectivity index (χ4v) is 3.43. The predicted octanol–water partition coefficient (Wildman–Crippen LogP) is 3.89.